The van der Waals surface area contributed by atoms with Crippen molar-refractivity contribution in [2.24, 2.45) is 0 Å². The molecule has 0 aliphatic carbocycles. The van der Waals surface area contributed by atoms with Gasteiger partial charge in [-0.2, -0.15) is 0 Å². The van der Waals surface area contributed by atoms with E-state index in [1.165, 1.54) is 17.3 Å². The molecule has 2 aromatic rings. The van der Waals surface area contributed by atoms with Gasteiger partial charge in [0.05, 0.1) is 5.75 Å². The lowest BCUT2D eigenvalue weighted by atomic mass is 10.3. The highest BCUT2D eigenvalue weighted by Crippen LogP contribution is 2.25. The molecular formula is C13H14BrN3O2S. The van der Waals surface area contributed by atoms with Crippen LogP contribution in [-0.4, -0.2) is 31.4 Å². The third-order valence-electron chi connectivity index (χ3n) is 2.52. The van der Waals surface area contributed by atoms with Crippen molar-refractivity contribution in [3.8, 4) is 0 Å². The fourth-order valence-corrected chi connectivity index (χ4v) is 2.69. The number of hydrogen-bond acceptors (Lipinski definition) is 4. The number of rotatable bonds is 5. The van der Waals surface area contributed by atoms with Crippen molar-refractivity contribution >= 4 is 44.8 Å². The molecule has 7 heteroatoms. The molecule has 1 N–H and O–H groups in total. The lowest BCUT2D eigenvalue weighted by molar-refractivity contribution is -0.133. The Morgan fingerprint density at radius 1 is 1.55 bits per heavy atom. The molecule has 0 saturated carbocycles. The van der Waals surface area contributed by atoms with Gasteiger partial charge in [-0.05, 0) is 35.8 Å². The number of aliphatic carboxylic acids is 1. The molecule has 0 atom stereocenters. The number of halogens is 1. The Hall–Kier alpha value is -1.34. The first kappa shape index (κ1) is 15.1. The van der Waals surface area contributed by atoms with E-state index >= 15 is 0 Å². The lowest BCUT2D eigenvalue weighted by Gasteiger charge is -2.04. The Bertz CT molecular complexity index is 678. The van der Waals surface area contributed by atoms with Gasteiger partial charge in [0.1, 0.15) is 5.52 Å². The van der Waals surface area contributed by atoms with Gasteiger partial charge in [-0.25, -0.2) is 9.97 Å². The smallest absolute Gasteiger partial charge is 0.313 e. The molecule has 0 bridgehead atoms. The second-order valence-electron chi connectivity index (χ2n) is 4.47. The highest BCUT2D eigenvalue weighted by atomic mass is 79.9. The fourth-order valence-electron chi connectivity index (χ4n) is 1.64. The van der Waals surface area contributed by atoms with E-state index < -0.39 is 5.97 Å². The first-order chi connectivity index (χ1) is 9.47. The van der Waals surface area contributed by atoms with Crippen LogP contribution in [0.5, 0.6) is 0 Å². The van der Waals surface area contributed by atoms with Crippen LogP contribution in [0.3, 0.4) is 0 Å². The predicted octanol–water partition coefficient (Wildman–Crippen LogP) is 3.34. The average Bonchev–Trinajstić information content (AvgIpc) is 2.70. The maximum Gasteiger partial charge on any atom is 0.313 e. The number of imidazole rings is 1. The molecule has 106 valence electrons. The third-order valence-corrected chi connectivity index (χ3v) is 3.92. The summed E-state index contributed by atoms with van der Waals surface area (Å²) in [6, 6.07) is 1.88. The molecule has 0 unspecified atom stereocenters. The Kier molecular flexibility index (Phi) is 4.82. The largest absolute Gasteiger partial charge is 0.481 e. The van der Waals surface area contributed by atoms with Crippen LogP contribution in [-0.2, 0) is 11.3 Å². The third kappa shape index (κ3) is 3.61. The second-order valence-corrected chi connectivity index (χ2v) is 6.32. The SMILES string of the molecule is CC(C)=CCn1c(SCC(=O)O)nc2cc(Br)cnc21. The number of fused-ring (bicyclic) bond motifs is 1. The molecule has 0 fully saturated rings. The second kappa shape index (κ2) is 6.41. The van der Waals surface area contributed by atoms with E-state index in [1.807, 2.05) is 24.5 Å². The molecular weight excluding hydrogens is 342 g/mol. The van der Waals surface area contributed by atoms with E-state index in [4.69, 9.17) is 5.11 Å². The van der Waals surface area contributed by atoms with Crippen LogP contribution in [0.1, 0.15) is 13.8 Å². The van der Waals surface area contributed by atoms with E-state index in [0.29, 0.717) is 11.7 Å². The van der Waals surface area contributed by atoms with Crippen molar-refractivity contribution < 1.29 is 9.90 Å². The Labute approximate surface area is 129 Å². The van der Waals surface area contributed by atoms with Gasteiger partial charge in [-0.3, -0.25) is 9.36 Å². The summed E-state index contributed by atoms with van der Waals surface area (Å²) in [6.45, 7) is 4.68. The van der Waals surface area contributed by atoms with Gasteiger partial charge < -0.3 is 5.11 Å². The molecule has 5 nitrogen and oxygen atoms in total. The molecule has 0 aromatic carbocycles. The van der Waals surface area contributed by atoms with Gasteiger partial charge in [0.2, 0.25) is 0 Å². The van der Waals surface area contributed by atoms with Crippen molar-refractivity contribution in [3.05, 3.63) is 28.4 Å². The summed E-state index contributed by atoms with van der Waals surface area (Å²) >= 11 is 4.57. The summed E-state index contributed by atoms with van der Waals surface area (Å²) in [5.74, 6) is -0.871. The molecule has 0 saturated heterocycles. The standard InChI is InChI=1S/C13H14BrN3O2S/c1-8(2)3-4-17-12-10(5-9(14)6-15-12)16-13(17)20-7-11(18)19/h3,5-6H,4,7H2,1-2H3,(H,18,19). The highest BCUT2D eigenvalue weighted by Gasteiger charge is 2.13. The molecule has 2 heterocycles. The van der Waals surface area contributed by atoms with Crippen molar-refractivity contribution in [1.29, 1.82) is 0 Å². The predicted molar refractivity (Wildman–Crippen MR) is 83.0 cm³/mol. The Morgan fingerprint density at radius 2 is 2.30 bits per heavy atom. The number of aromatic nitrogens is 3. The molecule has 2 aromatic heterocycles. The maximum atomic E-state index is 10.7. The number of hydrogen-bond donors (Lipinski definition) is 1. The van der Waals surface area contributed by atoms with E-state index in [9.17, 15) is 4.79 Å². The normalized spacial score (nSPS) is 10.8. The molecule has 0 spiro atoms. The summed E-state index contributed by atoms with van der Waals surface area (Å²) in [7, 11) is 0. The van der Waals surface area contributed by atoms with Crippen molar-refractivity contribution in [1.82, 2.24) is 14.5 Å². The summed E-state index contributed by atoms with van der Waals surface area (Å²) < 4.78 is 2.79. The number of thioether (sulfide) groups is 1. The van der Waals surface area contributed by atoms with E-state index in [2.05, 4.69) is 32.0 Å². The zero-order valence-corrected chi connectivity index (χ0v) is 13.5. The van der Waals surface area contributed by atoms with Gasteiger partial charge in [0, 0.05) is 17.2 Å². The van der Waals surface area contributed by atoms with Gasteiger partial charge in [-0.1, -0.05) is 23.4 Å². The molecule has 0 amide bonds. The minimum atomic E-state index is -0.857. The van der Waals surface area contributed by atoms with Crippen LogP contribution in [0.4, 0.5) is 0 Å². The van der Waals surface area contributed by atoms with Crippen LogP contribution >= 0.6 is 27.7 Å². The van der Waals surface area contributed by atoms with Crippen LogP contribution in [0.2, 0.25) is 0 Å². The zero-order chi connectivity index (χ0) is 14.7. The van der Waals surface area contributed by atoms with Gasteiger partial charge in [0.25, 0.3) is 0 Å². The number of pyridine rings is 1. The molecule has 0 aliphatic heterocycles. The van der Waals surface area contributed by atoms with Crippen LogP contribution in [0.25, 0.3) is 11.2 Å². The monoisotopic (exact) mass is 355 g/mol. The van der Waals surface area contributed by atoms with Gasteiger partial charge >= 0.3 is 5.97 Å². The average molecular weight is 356 g/mol. The number of carboxylic acids is 1. The van der Waals surface area contributed by atoms with Crippen LogP contribution < -0.4 is 0 Å². The zero-order valence-electron chi connectivity index (χ0n) is 11.1. The molecule has 0 aliphatic rings. The van der Waals surface area contributed by atoms with Crippen molar-refractivity contribution in [2.45, 2.75) is 25.5 Å². The van der Waals surface area contributed by atoms with Crippen LogP contribution in [0, 0.1) is 0 Å². The quantitative estimate of drug-likeness (QED) is 0.657. The minimum absolute atomic E-state index is 0.0146. The number of allylic oxidation sites excluding steroid dienone is 2. The first-order valence-electron chi connectivity index (χ1n) is 5.97. The first-order valence-corrected chi connectivity index (χ1v) is 7.75. The summed E-state index contributed by atoms with van der Waals surface area (Å²) in [5, 5.41) is 9.48. The van der Waals surface area contributed by atoms with Crippen molar-refractivity contribution in [2.75, 3.05) is 5.75 Å². The summed E-state index contributed by atoms with van der Waals surface area (Å²) in [6.07, 6.45) is 3.78. The summed E-state index contributed by atoms with van der Waals surface area (Å²) in [4.78, 5) is 19.6. The van der Waals surface area contributed by atoms with Crippen LogP contribution in [0.15, 0.2) is 33.5 Å². The Balaban J connectivity index is 2.44. The highest BCUT2D eigenvalue weighted by molar-refractivity contribution is 9.10. The van der Waals surface area contributed by atoms with Gasteiger partial charge in [-0.15, -0.1) is 0 Å². The van der Waals surface area contributed by atoms with E-state index in [-0.39, 0.29) is 5.75 Å². The fraction of sp³-hybridized carbons (Fsp3) is 0.308. The minimum Gasteiger partial charge on any atom is -0.481 e. The lowest BCUT2D eigenvalue weighted by Crippen LogP contribution is -2.03. The molecule has 20 heavy (non-hydrogen) atoms. The van der Waals surface area contributed by atoms with Gasteiger partial charge in [0.15, 0.2) is 10.8 Å². The van der Waals surface area contributed by atoms with E-state index in [0.717, 1.165) is 15.6 Å². The number of carboxylic acid groups (broad SMARTS) is 1. The number of nitrogens with zero attached hydrogens (tertiary/aromatic N) is 3. The topological polar surface area (TPSA) is 68.0 Å². The maximum absolute atomic E-state index is 10.7. The summed E-state index contributed by atoms with van der Waals surface area (Å²) in [5.41, 5.74) is 2.71. The molecule has 0 radical (unpaired) electrons. The van der Waals surface area contributed by atoms with Crippen molar-refractivity contribution in [3.63, 3.8) is 0 Å². The van der Waals surface area contributed by atoms with E-state index in [1.54, 1.807) is 6.20 Å². The Morgan fingerprint density at radius 3 is 2.95 bits per heavy atom. The molecule has 2 rings (SSSR count). The number of carbonyl (C=O) groups is 1.